The summed E-state index contributed by atoms with van der Waals surface area (Å²) in [6, 6.07) is 0. The maximum absolute atomic E-state index is 12.5. The molecular weight excluding hydrogens is 645 g/mol. The minimum atomic E-state index is -0.778. The second-order valence-corrected chi connectivity index (χ2v) is 15.1. The van der Waals surface area contributed by atoms with Gasteiger partial charge in [-0.3, -0.25) is 4.79 Å². The fraction of sp³-hybridized carbons (Fsp3) is 0.891. The molecule has 0 aromatic heterocycles. The number of nitrogens with zero attached hydrogens (tertiary/aromatic N) is 1. The van der Waals surface area contributed by atoms with Gasteiger partial charge in [0, 0.05) is 19.8 Å². The number of allylic oxidation sites excluding steroid dienone is 4. The molecule has 0 aliphatic carbocycles. The van der Waals surface area contributed by atoms with E-state index in [9.17, 15) is 4.79 Å². The van der Waals surface area contributed by atoms with Crippen molar-refractivity contribution in [1.82, 2.24) is 4.90 Å². The van der Waals surface area contributed by atoms with E-state index in [1.807, 2.05) is 0 Å². The number of primary amides is 1. The predicted molar refractivity (Wildman–Crippen MR) is 226 cm³/mol. The molecule has 2 unspecified atom stereocenters. The topological polar surface area (TPSA) is 74.0 Å². The molecule has 0 saturated carbocycles. The number of hydrogen-bond donors (Lipinski definition) is 1. The lowest BCUT2D eigenvalue weighted by atomic mass is 10.1. The summed E-state index contributed by atoms with van der Waals surface area (Å²) in [6.45, 7) is 13.7. The van der Waals surface area contributed by atoms with E-state index in [0.717, 1.165) is 38.9 Å². The Kier molecular flexibility index (Phi) is 41.5. The SMILES string of the molecule is CCCCCCCC/C=C\CCCCCCCCOCC(OCCN(CC)CC)C(OCCCCCCCC/C=C\CCCCCCCC)C(N)=O. The Balaban J connectivity index is 4.18. The monoisotopic (exact) mass is 735 g/mol. The number of carbonyl (C=O) groups is 1. The fourth-order valence-corrected chi connectivity index (χ4v) is 6.68. The van der Waals surface area contributed by atoms with E-state index in [4.69, 9.17) is 19.9 Å². The number of ether oxygens (including phenoxy) is 3. The molecule has 0 aromatic rings. The van der Waals surface area contributed by atoms with Crippen LogP contribution in [0.2, 0.25) is 0 Å². The van der Waals surface area contributed by atoms with Crippen LogP contribution in [0.5, 0.6) is 0 Å². The van der Waals surface area contributed by atoms with Gasteiger partial charge in [0.05, 0.1) is 13.2 Å². The lowest BCUT2D eigenvalue weighted by Gasteiger charge is -2.27. The molecule has 308 valence electrons. The Morgan fingerprint density at radius 3 is 1.29 bits per heavy atom. The van der Waals surface area contributed by atoms with Crippen LogP contribution in [-0.4, -0.2) is 69.1 Å². The Hall–Kier alpha value is -1.21. The summed E-state index contributed by atoms with van der Waals surface area (Å²) in [5.41, 5.74) is 5.84. The summed E-state index contributed by atoms with van der Waals surface area (Å²) in [4.78, 5) is 14.8. The van der Waals surface area contributed by atoms with Gasteiger partial charge >= 0.3 is 0 Å². The molecule has 0 bridgehead atoms. The molecule has 2 N–H and O–H groups in total. The van der Waals surface area contributed by atoms with Crippen molar-refractivity contribution in [2.45, 2.75) is 220 Å². The highest BCUT2D eigenvalue weighted by Gasteiger charge is 2.28. The van der Waals surface area contributed by atoms with Gasteiger partial charge in [-0.2, -0.15) is 0 Å². The highest BCUT2D eigenvalue weighted by Crippen LogP contribution is 2.14. The quantitative estimate of drug-likeness (QED) is 0.0499. The third-order valence-electron chi connectivity index (χ3n) is 10.3. The summed E-state index contributed by atoms with van der Waals surface area (Å²) in [5.74, 6) is -0.460. The van der Waals surface area contributed by atoms with Gasteiger partial charge in [0.15, 0.2) is 6.10 Å². The van der Waals surface area contributed by atoms with Gasteiger partial charge in [-0.15, -0.1) is 0 Å². The van der Waals surface area contributed by atoms with E-state index >= 15 is 0 Å². The van der Waals surface area contributed by atoms with Crippen LogP contribution in [0.25, 0.3) is 0 Å². The predicted octanol–water partition coefficient (Wildman–Crippen LogP) is 12.7. The van der Waals surface area contributed by atoms with Crippen molar-refractivity contribution in [1.29, 1.82) is 0 Å². The molecule has 6 heteroatoms. The molecule has 1 amide bonds. The molecule has 52 heavy (non-hydrogen) atoms. The zero-order valence-corrected chi connectivity index (χ0v) is 35.4. The molecule has 0 saturated heterocycles. The molecule has 0 aromatic carbocycles. The third kappa shape index (κ3) is 35.8. The second-order valence-electron chi connectivity index (χ2n) is 15.1. The maximum Gasteiger partial charge on any atom is 0.249 e. The highest BCUT2D eigenvalue weighted by atomic mass is 16.6. The summed E-state index contributed by atoms with van der Waals surface area (Å²) >= 11 is 0. The first-order valence-corrected chi connectivity index (χ1v) is 22.7. The van der Waals surface area contributed by atoms with E-state index in [0.29, 0.717) is 26.4 Å². The number of hydrogen-bond acceptors (Lipinski definition) is 5. The van der Waals surface area contributed by atoms with Gasteiger partial charge in [-0.1, -0.05) is 168 Å². The number of carbonyl (C=O) groups excluding carboxylic acids is 1. The van der Waals surface area contributed by atoms with Gasteiger partial charge in [0.25, 0.3) is 0 Å². The van der Waals surface area contributed by atoms with Gasteiger partial charge in [-0.05, 0) is 77.3 Å². The summed E-state index contributed by atoms with van der Waals surface area (Å²) < 4.78 is 18.3. The van der Waals surface area contributed by atoms with Crippen molar-refractivity contribution in [2.24, 2.45) is 5.73 Å². The Bertz CT molecular complexity index is 769. The zero-order chi connectivity index (χ0) is 38.0. The van der Waals surface area contributed by atoms with Crippen LogP contribution in [0.3, 0.4) is 0 Å². The molecule has 0 heterocycles. The Morgan fingerprint density at radius 1 is 0.500 bits per heavy atom. The van der Waals surface area contributed by atoms with Crippen LogP contribution >= 0.6 is 0 Å². The van der Waals surface area contributed by atoms with Gasteiger partial charge in [-0.25, -0.2) is 0 Å². The largest absolute Gasteiger partial charge is 0.379 e. The molecule has 0 spiro atoms. The van der Waals surface area contributed by atoms with E-state index in [1.165, 1.54) is 161 Å². The van der Waals surface area contributed by atoms with Crippen molar-refractivity contribution in [3.63, 3.8) is 0 Å². The standard InChI is InChI=1S/C46H90N2O4/c1-5-9-11-13-15-17-19-21-23-25-27-29-31-33-35-37-40-50-43-44(51-42-39-48(7-3)8-4)45(46(47)49)52-41-38-36-34-32-30-28-26-24-22-20-18-16-14-12-10-6-2/h21-24,44-45H,5-20,25-43H2,1-4H3,(H2,47,49)/b23-21-,24-22-. The summed E-state index contributed by atoms with van der Waals surface area (Å²) in [6.07, 6.45) is 44.1. The van der Waals surface area contributed by atoms with E-state index in [2.05, 4.69) is 56.9 Å². The van der Waals surface area contributed by atoms with Crippen LogP contribution in [0.4, 0.5) is 0 Å². The van der Waals surface area contributed by atoms with Crippen LogP contribution < -0.4 is 5.73 Å². The summed E-state index contributed by atoms with van der Waals surface area (Å²) in [5, 5.41) is 0. The van der Waals surface area contributed by atoms with Crippen molar-refractivity contribution >= 4 is 5.91 Å². The maximum atomic E-state index is 12.5. The van der Waals surface area contributed by atoms with Gasteiger partial charge in [0.1, 0.15) is 6.10 Å². The molecule has 0 aliphatic heterocycles. The molecule has 6 nitrogen and oxygen atoms in total. The smallest absolute Gasteiger partial charge is 0.249 e. The number of amides is 1. The number of unbranched alkanes of at least 4 members (excludes halogenated alkanes) is 24. The first-order chi connectivity index (χ1) is 25.6. The average molecular weight is 735 g/mol. The molecule has 0 radical (unpaired) electrons. The first kappa shape index (κ1) is 50.8. The number of rotatable bonds is 43. The zero-order valence-electron chi connectivity index (χ0n) is 35.4. The van der Waals surface area contributed by atoms with Crippen LogP contribution in [0.1, 0.15) is 207 Å². The van der Waals surface area contributed by atoms with Crippen molar-refractivity contribution in [3.8, 4) is 0 Å². The molecular formula is C46H90N2O4. The normalized spacial score (nSPS) is 13.2. The van der Waals surface area contributed by atoms with Crippen molar-refractivity contribution < 1.29 is 19.0 Å². The lowest BCUT2D eigenvalue weighted by molar-refractivity contribution is -0.148. The van der Waals surface area contributed by atoms with Crippen LogP contribution in [-0.2, 0) is 19.0 Å². The highest BCUT2D eigenvalue weighted by molar-refractivity contribution is 5.79. The number of nitrogens with two attached hydrogens (primary N) is 1. The summed E-state index contributed by atoms with van der Waals surface area (Å²) in [7, 11) is 0. The number of likely N-dealkylation sites (N-methyl/N-ethyl adjacent to an activating group) is 1. The molecule has 0 fully saturated rings. The van der Waals surface area contributed by atoms with E-state index < -0.39 is 18.1 Å². The second kappa shape index (κ2) is 42.5. The molecule has 0 aliphatic rings. The Morgan fingerprint density at radius 2 is 0.885 bits per heavy atom. The van der Waals surface area contributed by atoms with Gasteiger partial charge in [0.2, 0.25) is 5.91 Å². The molecule has 2 atom stereocenters. The fourth-order valence-electron chi connectivity index (χ4n) is 6.68. The lowest BCUT2D eigenvalue weighted by Crippen LogP contribution is -2.46. The van der Waals surface area contributed by atoms with E-state index in [1.54, 1.807) is 0 Å². The average Bonchev–Trinajstić information content (AvgIpc) is 3.14. The van der Waals surface area contributed by atoms with Crippen molar-refractivity contribution in [2.75, 3.05) is 46.1 Å². The minimum Gasteiger partial charge on any atom is -0.379 e. The van der Waals surface area contributed by atoms with Crippen LogP contribution in [0.15, 0.2) is 24.3 Å². The van der Waals surface area contributed by atoms with Crippen molar-refractivity contribution in [3.05, 3.63) is 24.3 Å². The van der Waals surface area contributed by atoms with Crippen LogP contribution in [0, 0.1) is 0 Å². The minimum absolute atomic E-state index is 0.338. The molecule has 0 rings (SSSR count). The van der Waals surface area contributed by atoms with E-state index in [-0.39, 0.29) is 0 Å². The third-order valence-corrected chi connectivity index (χ3v) is 10.3. The first-order valence-electron chi connectivity index (χ1n) is 22.7. The Labute approximate surface area is 324 Å². The van der Waals surface area contributed by atoms with Gasteiger partial charge < -0.3 is 24.8 Å².